The van der Waals surface area contributed by atoms with E-state index in [2.05, 4.69) is 5.32 Å². The van der Waals surface area contributed by atoms with Crippen molar-refractivity contribution in [3.05, 3.63) is 17.9 Å². The second kappa shape index (κ2) is 5.25. The lowest BCUT2D eigenvalue weighted by Gasteiger charge is -2.32. The first kappa shape index (κ1) is 14.3. The van der Waals surface area contributed by atoms with E-state index in [9.17, 15) is 14.4 Å². The maximum absolute atomic E-state index is 11.8. The summed E-state index contributed by atoms with van der Waals surface area (Å²) in [6, 6.07) is 1.64. The summed E-state index contributed by atoms with van der Waals surface area (Å²) >= 11 is 0. The van der Waals surface area contributed by atoms with E-state index in [0.717, 1.165) is 0 Å². The number of rotatable bonds is 6. The van der Waals surface area contributed by atoms with Gasteiger partial charge in [0.05, 0.1) is 6.26 Å². The Morgan fingerprint density at radius 1 is 1.35 bits per heavy atom. The van der Waals surface area contributed by atoms with Gasteiger partial charge in [-0.3, -0.25) is 4.57 Å². The van der Waals surface area contributed by atoms with Crippen LogP contribution >= 0.6 is 7.60 Å². The molecular weight excluding hydrogens is 241 g/mol. The highest BCUT2D eigenvalue weighted by Gasteiger charge is 2.47. The van der Waals surface area contributed by atoms with Crippen molar-refractivity contribution >= 4 is 13.5 Å². The molecule has 1 aromatic heterocycles. The lowest BCUT2D eigenvalue weighted by atomic mass is 9.94. The first-order valence-corrected chi connectivity index (χ1v) is 7.41. The molecule has 0 bridgehead atoms. The molecule has 0 saturated heterocycles. The summed E-state index contributed by atoms with van der Waals surface area (Å²) in [5.74, 6) is 0.458. The summed E-state index contributed by atoms with van der Waals surface area (Å²) in [4.78, 5) is 19.3. The van der Waals surface area contributed by atoms with Gasteiger partial charge in [-0.15, -0.1) is 0 Å². The van der Waals surface area contributed by atoms with Gasteiger partial charge in [-0.2, -0.15) is 0 Å². The Morgan fingerprint density at radius 3 is 2.35 bits per heavy atom. The number of nitrogens with one attached hydrogen (secondary N) is 1. The van der Waals surface area contributed by atoms with Crippen LogP contribution in [0, 0.1) is 0 Å². The maximum atomic E-state index is 11.8. The highest BCUT2D eigenvalue weighted by Crippen LogP contribution is 2.62. The molecule has 17 heavy (non-hydrogen) atoms. The van der Waals surface area contributed by atoms with Crippen molar-refractivity contribution in [3.63, 3.8) is 0 Å². The molecule has 0 spiro atoms. The Labute approximate surface area is 101 Å². The first-order chi connectivity index (χ1) is 7.93. The van der Waals surface area contributed by atoms with Gasteiger partial charge in [-0.25, -0.2) is 0 Å². The van der Waals surface area contributed by atoms with Gasteiger partial charge in [0.25, 0.3) is 0 Å². The van der Waals surface area contributed by atoms with Crippen LogP contribution in [-0.4, -0.2) is 16.3 Å². The summed E-state index contributed by atoms with van der Waals surface area (Å²) in [7, 11) is -4.25. The van der Waals surface area contributed by atoms with Crippen LogP contribution in [0.5, 0.6) is 0 Å². The summed E-state index contributed by atoms with van der Waals surface area (Å²) in [6.07, 6.45) is 2.19. The SMILES string of the molecule is CCNc1occc1C(CC)(CC)P(=O)(O)O. The van der Waals surface area contributed by atoms with E-state index in [-0.39, 0.29) is 0 Å². The first-order valence-electron chi connectivity index (χ1n) is 5.80. The fraction of sp³-hybridized carbons (Fsp3) is 0.636. The lowest BCUT2D eigenvalue weighted by Crippen LogP contribution is -2.25. The number of furan rings is 1. The van der Waals surface area contributed by atoms with Crippen LogP contribution in [-0.2, 0) is 9.72 Å². The number of hydrogen-bond acceptors (Lipinski definition) is 3. The van der Waals surface area contributed by atoms with Crippen LogP contribution in [0.2, 0.25) is 0 Å². The zero-order valence-corrected chi connectivity index (χ0v) is 11.3. The van der Waals surface area contributed by atoms with E-state index in [1.54, 1.807) is 19.9 Å². The monoisotopic (exact) mass is 261 g/mol. The third-order valence-corrected chi connectivity index (χ3v) is 5.22. The molecule has 0 aliphatic carbocycles. The van der Waals surface area contributed by atoms with E-state index >= 15 is 0 Å². The van der Waals surface area contributed by atoms with Crippen LogP contribution in [0.4, 0.5) is 5.88 Å². The summed E-state index contributed by atoms with van der Waals surface area (Å²) < 4.78 is 17.1. The number of anilines is 1. The molecule has 1 heterocycles. The van der Waals surface area contributed by atoms with Gasteiger partial charge in [0.2, 0.25) is 0 Å². The molecule has 0 radical (unpaired) electrons. The van der Waals surface area contributed by atoms with Crippen molar-refractivity contribution in [1.29, 1.82) is 0 Å². The molecule has 0 fully saturated rings. The number of hydrogen-bond donors (Lipinski definition) is 3. The van der Waals surface area contributed by atoms with E-state index in [0.29, 0.717) is 30.8 Å². The molecule has 98 valence electrons. The molecule has 0 atom stereocenters. The average Bonchev–Trinajstić information content (AvgIpc) is 2.68. The van der Waals surface area contributed by atoms with E-state index in [1.165, 1.54) is 6.26 Å². The largest absolute Gasteiger partial charge is 0.449 e. The Hall–Kier alpha value is -0.770. The van der Waals surface area contributed by atoms with Crippen molar-refractivity contribution < 1.29 is 18.8 Å². The van der Waals surface area contributed by atoms with Crippen LogP contribution < -0.4 is 5.32 Å². The van der Waals surface area contributed by atoms with Crippen molar-refractivity contribution in [3.8, 4) is 0 Å². The quantitative estimate of drug-likeness (QED) is 0.686. The van der Waals surface area contributed by atoms with Crippen molar-refractivity contribution in [1.82, 2.24) is 0 Å². The highest BCUT2D eigenvalue weighted by molar-refractivity contribution is 7.53. The van der Waals surface area contributed by atoms with Crippen molar-refractivity contribution in [2.45, 2.75) is 38.8 Å². The fourth-order valence-electron chi connectivity index (χ4n) is 2.17. The molecule has 5 nitrogen and oxygen atoms in total. The van der Waals surface area contributed by atoms with E-state index < -0.39 is 12.8 Å². The molecule has 0 aliphatic rings. The Kier molecular flexibility index (Phi) is 4.42. The van der Waals surface area contributed by atoms with Gasteiger partial charge in [-0.05, 0) is 25.8 Å². The Bertz CT molecular complexity index is 405. The Balaban J connectivity index is 3.32. The van der Waals surface area contributed by atoms with Crippen LogP contribution in [0.1, 0.15) is 39.2 Å². The molecule has 0 amide bonds. The molecule has 0 aromatic carbocycles. The van der Waals surface area contributed by atoms with E-state index in [4.69, 9.17) is 4.42 Å². The third-order valence-electron chi connectivity index (χ3n) is 3.23. The molecular formula is C11H20NO4P. The van der Waals surface area contributed by atoms with Gasteiger partial charge < -0.3 is 19.5 Å². The smallest absolute Gasteiger partial charge is 0.336 e. The van der Waals surface area contributed by atoms with Gasteiger partial charge >= 0.3 is 7.60 Å². The molecule has 0 unspecified atom stereocenters. The van der Waals surface area contributed by atoms with Crippen molar-refractivity contribution in [2.24, 2.45) is 0 Å². The average molecular weight is 261 g/mol. The molecule has 1 aromatic rings. The topological polar surface area (TPSA) is 82.7 Å². The minimum absolute atomic E-state index is 0.367. The lowest BCUT2D eigenvalue weighted by molar-refractivity contribution is 0.315. The van der Waals surface area contributed by atoms with Gasteiger partial charge in [-0.1, -0.05) is 13.8 Å². The summed E-state index contributed by atoms with van der Waals surface area (Å²) in [5.41, 5.74) is 0.567. The van der Waals surface area contributed by atoms with Crippen molar-refractivity contribution in [2.75, 3.05) is 11.9 Å². The maximum Gasteiger partial charge on any atom is 0.336 e. The third kappa shape index (κ3) is 2.41. The van der Waals surface area contributed by atoms with Gasteiger partial charge in [0, 0.05) is 12.1 Å². The summed E-state index contributed by atoms with van der Waals surface area (Å²) in [5, 5.41) is 1.84. The van der Waals surface area contributed by atoms with Crippen LogP contribution in [0.25, 0.3) is 0 Å². The molecule has 0 aliphatic heterocycles. The second-order valence-corrected chi connectivity index (χ2v) is 5.92. The standard InChI is InChI=1S/C11H20NO4P/c1-4-11(5-2,17(13,14)15)9-7-8-16-10(9)12-6-3/h7-8,12H,4-6H2,1-3H3,(H2,13,14,15). The fourth-order valence-corrected chi connectivity index (χ4v) is 3.49. The molecule has 1 rings (SSSR count). The minimum atomic E-state index is -4.25. The zero-order valence-electron chi connectivity index (χ0n) is 10.4. The molecule has 0 saturated carbocycles. The van der Waals surface area contributed by atoms with Crippen LogP contribution in [0.3, 0.4) is 0 Å². The minimum Gasteiger partial charge on any atom is -0.449 e. The van der Waals surface area contributed by atoms with Gasteiger partial charge in [0.1, 0.15) is 5.16 Å². The predicted molar refractivity (Wildman–Crippen MR) is 67.2 cm³/mol. The predicted octanol–water partition coefficient (Wildman–Crippen LogP) is 2.90. The van der Waals surface area contributed by atoms with Gasteiger partial charge in [0.15, 0.2) is 5.88 Å². The molecule has 6 heteroatoms. The highest BCUT2D eigenvalue weighted by atomic mass is 31.2. The molecule has 3 N–H and O–H groups in total. The Morgan fingerprint density at radius 2 is 1.94 bits per heavy atom. The zero-order chi connectivity index (χ0) is 13.1. The normalized spacial score (nSPS) is 12.8. The van der Waals surface area contributed by atoms with Crippen LogP contribution in [0.15, 0.2) is 16.7 Å². The summed E-state index contributed by atoms with van der Waals surface area (Å²) in [6.45, 7) is 6.12. The second-order valence-electron chi connectivity index (χ2n) is 3.98. The van der Waals surface area contributed by atoms with E-state index in [1.807, 2.05) is 6.92 Å².